The quantitative estimate of drug-likeness (QED) is 0.223. The van der Waals surface area contributed by atoms with Crippen LogP contribution in [0.4, 0.5) is 0 Å². The van der Waals surface area contributed by atoms with Crippen LogP contribution in [-0.4, -0.2) is 73.3 Å². The van der Waals surface area contributed by atoms with E-state index >= 15 is 0 Å². The number of carboxylic acid groups (broad SMARTS) is 1. The van der Waals surface area contributed by atoms with Crippen molar-refractivity contribution in [3.05, 3.63) is 0 Å². The number of carbonyl (C=O) groups excluding carboxylic acids is 5. The van der Waals surface area contributed by atoms with Gasteiger partial charge in [-0.1, -0.05) is 0 Å². The van der Waals surface area contributed by atoms with Crippen LogP contribution in [-0.2, 0) is 28.8 Å². The number of hydrogen-bond donors (Lipinski definition) is 4. The molecule has 0 fully saturated rings. The molecule has 0 heterocycles. The van der Waals surface area contributed by atoms with Crippen molar-refractivity contribution in [2.24, 2.45) is 0 Å². The van der Waals surface area contributed by atoms with E-state index in [1.54, 1.807) is 7.85 Å². The molecule has 0 rings (SSSR count). The SMILES string of the molecule is [2H]CC(=O)CCC(NC)C(=O)NC(CCC(=O)O)C(=O)NC(CCC(=O)CB)C(C)=O. The highest BCUT2D eigenvalue weighted by atomic mass is 16.4. The zero-order chi connectivity index (χ0) is 24.0. The van der Waals surface area contributed by atoms with Crippen LogP contribution in [0.15, 0.2) is 0 Å². The summed E-state index contributed by atoms with van der Waals surface area (Å²) in [6, 6.07) is -2.96. The molecule has 0 bridgehead atoms. The van der Waals surface area contributed by atoms with Gasteiger partial charge in [0.05, 0.1) is 12.1 Å². The number of rotatable bonds is 16. The van der Waals surface area contributed by atoms with E-state index in [-0.39, 0.29) is 55.9 Å². The summed E-state index contributed by atoms with van der Waals surface area (Å²) in [5, 5.41) is 16.6. The Balaban J connectivity index is 5.23. The summed E-state index contributed by atoms with van der Waals surface area (Å²) in [4.78, 5) is 70.9. The summed E-state index contributed by atoms with van der Waals surface area (Å²) < 4.78 is 7.03. The number of nitrogens with one attached hydrogen (secondary N) is 3. The van der Waals surface area contributed by atoms with E-state index < -0.39 is 42.8 Å². The van der Waals surface area contributed by atoms with Crippen molar-refractivity contribution in [2.75, 3.05) is 7.05 Å². The van der Waals surface area contributed by atoms with Gasteiger partial charge >= 0.3 is 5.97 Å². The van der Waals surface area contributed by atoms with Gasteiger partial charge in [0.15, 0.2) is 5.78 Å². The van der Waals surface area contributed by atoms with Crippen LogP contribution in [0.1, 0.15) is 53.7 Å². The summed E-state index contributed by atoms with van der Waals surface area (Å²) in [6.07, 6.45) is 0.0615. The first-order valence-electron chi connectivity index (χ1n) is 10.6. The van der Waals surface area contributed by atoms with Crippen molar-refractivity contribution >= 4 is 43.0 Å². The molecule has 0 aromatic carbocycles. The summed E-state index contributed by atoms with van der Waals surface area (Å²) in [6.45, 7) is 0.876. The Labute approximate surface area is 178 Å². The summed E-state index contributed by atoms with van der Waals surface area (Å²) >= 11 is 0. The van der Waals surface area contributed by atoms with Crippen molar-refractivity contribution in [3.63, 3.8) is 0 Å². The van der Waals surface area contributed by atoms with Crippen LogP contribution in [0.2, 0.25) is 6.32 Å². The standard InChI is InChI=1S/C19H32BN3O7/c1-11(24)4-6-15(21-3)18(29)23-16(8-9-17(27)28)19(30)22-14(12(2)25)7-5-13(26)10-20/h14-16,21H,4-10,20H2,1-3H3,(H,22,30)(H,23,29)(H,27,28)/i1D. The Morgan fingerprint density at radius 3 is 1.93 bits per heavy atom. The maximum absolute atomic E-state index is 12.7. The maximum atomic E-state index is 12.7. The van der Waals surface area contributed by atoms with E-state index in [2.05, 4.69) is 16.0 Å². The molecule has 168 valence electrons. The first kappa shape index (κ1) is 25.5. The molecule has 11 heteroatoms. The van der Waals surface area contributed by atoms with Gasteiger partial charge in [0, 0.05) is 20.6 Å². The third kappa shape index (κ3) is 11.4. The number of Topliss-reactive ketones (excluding diaryl/α,β-unsaturated/α-hetero) is 3. The lowest BCUT2D eigenvalue weighted by molar-refractivity contribution is -0.138. The van der Waals surface area contributed by atoms with E-state index in [1.807, 2.05) is 0 Å². The highest BCUT2D eigenvalue weighted by Gasteiger charge is 2.28. The van der Waals surface area contributed by atoms with Crippen LogP contribution in [0.3, 0.4) is 0 Å². The predicted octanol–water partition coefficient (Wildman–Crippen LogP) is -1.23. The molecule has 0 aromatic rings. The fourth-order valence-electron chi connectivity index (χ4n) is 2.65. The van der Waals surface area contributed by atoms with Crippen LogP contribution in [0.5, 0.6) is 0 Å². The molecule has 0 radical (unpaired) electrons. The normalized spacial score (nSPS) is 14.0. The van der Waals surface area contributed by atoms with Gasteiger partial charge in [0.25, 0.3) is 0 Å². The van der Waals surface area contributed by atoms with Gasteiger partial charge in [-0.2, -0.15) is 0 Å². The Morgan fingerprint density at radius 1 is 0.900 bits per heavy atom. The Hall–Kier alpha value is -2.56. The number of ketones is 3. The van der Waals surface area contributed by atoms with E-state index in [0.717, 1.165) is 0 Å². The number of carbonyl (C=O) groups is 6. The molecular formula is C19H32BN3O7. The fraction of sp³-hybridized carbons (Fsp3) is 0.684. The molecule has 0 aromatic heterocycles. The lowest BCUT2D eigenvalue weighted by Crippen LogP contribution is -2.54. The minimum Gasteiger partial charge on any atom is -0.481 e. The fourth-order valence-corrected chi connectivity index (χ4v) is 2.65. The number of amides is 2. The number of likely N-dealkylation sites (N-methyl/N-ethyl adjacent to an activating group) is 1. The monoisotopic (exact) mass is 426 g/mol. The average Bonchev–Trinajstić information content (AvgIpc) is 2.73. The molecule has 2 amide bonds. The summed E-state index contributed by atoms with van der Waals surface area (Å²) in [7, 11) is 3.19. The molecule has 0 aliphatic heterocycles. The maximum Gasteiger partial charge on any atom is 0.303 e. The van der Waals surface area contributed by atoms with Crippen molar-refractivity contribution in [1.82, 2.24) is 16.0 Å². The zero-order valence-corrected chi connectivity index (χ0v) is 17.8. The Kier molecular flexibility index (Phi) is 12.3. The molecule has 30 heavy (non-hydrogen) atoms. The molecule has 3 atom stereocenters. The molecule has 0 spiro atoms. The van der Waals surface area contributed by atoms with Gasteiger partial charge in [-0.05, 0) is 46.5 Å². The van der Waals surface area contributed by atoms with E-state index in [0.29, 0.717) is 6.32 Å². The smallest absolute Gasteiger partial charge is 0.303 e. The van der Waals surface area contributed by atoms with Crippen LogP contribution in [0.25, 0.3) is 0 Å². The number of carboxylic acids is 1. The van der Waals surface area contributed by atoms with Gasteiger partial charge in [-0.15, -0.1) is 0 Å². The highest BCUT2D eigenvalue weighted by Crippen LogP contribution is 2.06. The van der Waals surface area contributed by atoms with E-state index in [9.17, 15) is 28.8 Å². The highest BCUT2D eigenvalue weighted by molar-refractivity contribution is 6.20. The molecule has 0 saturated carbocycles. The molecule has 0 saturated heterocycles. The Morgan fingerprint density at radius 2 is 1.43 bits per heavy atom. The van der Waals surface area contributed by atoms with Gasteiger partial charge in [-0.3, -0.25) is 19.2 Å². The first-order valence-corrected chi connectivity index (χ1v) is 9.88. The lowest BCUT2D eigenvalue weighted by atomic mass is 9.95. The van der Waals surface area contributed by atoms with Gasteiger partial charge < -0.3 is 30.6 Å². The Bertz CT molecular complexity index is 675. The molecular weight excluding hydrogens is 393 g/mol. The second-order valence-electron chi connectivity index (χ2n) is 7.01. The van der Waals surface area contributed by atoms with E-state index in [4.69, 9.17) is 6.48 Å². The zero-order valence-electron chi connectivity index (χ0n) is 18.8. The topological polar surface area (TPSA) is 159 Å². The third-order valence-electron chi connectivity index (χ3n) is 4.57. The largest absolute Gasteiger partial charge is 0.481 e. The van der Waals surface area contributed by atoms with Crippen molar-refractivity contribution in [1.29, 1.82) is 0 Å². The third-order valence-corrected chi connectivity index (χ3v) is 4.57. The molecule has 4 N–H and O–H groups in total. The van der Waals surface area contributed by atoms with Crippen molar-refractivity contribution < 1.29 is 35.2 Å². The predicted molar refractivity (Wildman–Crippen MR) is 112 cm³/mol. The van der Waals surface area contributed by atoms with Crippen molar-refractivity contribution in [3.8, 4) is 0 Å². The number of hydrogen-bond acceptors (Lipinski definition) is 7. The van der Waals surface area contributed by atoms with Crippen LogP contribution < -0.4 is 16.0 Å². The van der Waals surface area contributed by atoms with Gasteiger partial charge in [-0.25, -0.2) is 0 Å². The summed E-state index contributed by atoms with van der Waals surface area (Å²) in [5.74, 6) is -3.24. The number of aliphatic carboxylic acids is 1. The second-order valence-corrected chi connectivity index (χ2v) is 7.01. The van der Waals surface area contributed by atoms with Crippen molar-refractivity contribution in [2.45, 2.75) is 76.8 Å². The van der Waals surface area contributed by atoms with E-state index in [1.165, 1.54) is 14.0 Å². The molecule has 3 unspecified atom stereocenters. The van der Waals surface area contributed by atoms with Gasteiger partial charge in [0.1, 0.15) is 25.5 Å². The lowest BCUT2D eigenvalue weighted by Gasteiger charge is -2.24. The van der Waals surface area contributed by atoms with Crippen LogP contribution >= 0.6 is 0 Å². The minimum atomic E-state index is -1.21. The first-order chi connectivity index (χ1) is 14.5. The second kappa shape index (κ2) is 14.4. The minimum absolute atomic E-state index is 0.00623. The molecule has 10 nitrogen and oxygen atoms in total. The van der Waals surface area contributed by atoms with Crippen LogP contribution in [0, 0.1) is 0 Å². The summed E-state index contributed by atoms with van der Waals surface area (Å²) in [5.41, 5.74) is 0. The molecule has 0 aliphatic carbocycles. The van der Waals surface area contributed by atoms with Gasteiger partial charge in [0.2, 0.25) is 11.8 Å². The average molecular weight is 426 g/mol. The molecule has 0 aliphatic rings.